The van der Waals surface area contributed by atoms with Crippen molar-refractivity contribution in [1.82, 2.24) is 0 Å². The Bertz CT molecular complexity index is 217. The van der Waals surface area contributed by atoms with Gasteiger partial charge < -0.3 is 9.84 Å². The normalized spacial score (nSPS) is 30.4. The van der Waals surface area contributed by atoms with E-state index in [2.05, 4.69) is 11.3 Å². The summed E-state index contributed by atoms with van der Waals surface area (Å²) in [6.45, 7) is 5.05. The van der Waals surface area contributed by atoms with Crippen LogP contribution in [0.4, 0.5) is 0 Å². The standard InChI is InChI=1S/C7H8O3/c1-5(2)7(9)4-3-6(8)10-7/h3-4,9H,1H2,2H3. The topological polar surface area (TPSA) is 46.5 Å². The zero-order valence-electron chi connectivity index (χ0n) is 5.63. The van der Waals surface area contributed by atoms with E-state index in [0.29, 0.717) is 5.57 Å². The van der Waals surface area contributed by atoms with Crippen LogP contribution in [0.3, 0.4) is 0 Å². The number of hydrogen-bond donors (Lipinski definition) is 1. The lowest BCUT2D eigenvalue weighted by atomic mass is 10.1. The fourth-order valence-corrected chi connectivity index (χ4v) is 0.632. The minimum atomic E-state index is -1.56. The van der Waals surface area contributed by atoms with Gasteiger partial charge in [-0.1, -0.05) is 6.58 Å². The lowest BCUT2D eigenvalue weighted by Gasteiger charge is -2.18. The van der Waals surface area contributed by atoms with Crippen LogP contribution in [-0.4, -0.2) is 16.9 Å². The number of carbonyl (C=O) groups is 1. The molecule has 0 saturated heterocycles. The highest BCUT2D eigenvalue weighted by Crippen LogP contribution is 2.23. The number of hydrogen-bond acceptors (Lipinski definition) is 3. The van der Waals surface area contributed by atoms with Gasteiger partial charge in [-0.15, -0.1) is 0 Å². The Hall–Kier alpha value is -1.09. The molecule has 3 nitrogen and oxygen atoms in total. The largest absolute Gasteiger partial charge is 0.422 e. The third kappa shape index (κ3) is 0.953. The maximum Gasteiger partial charge on any atom is 0.333 e. The van der Waals surface area contributed by atoms with Crippen LogP contribution in [0.2, 0.25) is 0 Å². The molecular formula is C7H8O3. The molecule has 1 N–H and O–H groups in total. The second-order valence-electron chi connectivity index (χ2n) is 2.23. The van der Waals surface area contributed by atoms with Crippen molar-refractivity contribution in [2.75, 3.05) is 0 Å². The fourth-order valence-electron chi connectivity index (χ4n) is 0.632. The Labute approximate surface area is 58.6 Å². The van der Waals surface area contributed by atoms with Crippen LogP contribution in [0, 0.1) is 0 Å². The Morgan fingerprint density at radius 1 is 1.90 bits per heavy atom. The van der Waals surface area contributed by atoms with E-state index >= 15 is 0 Å². The van der Waals surface area contributed by atoms with Crippen LogP contribution in [0.25, 0.3) is 0 Å². The number of esters is 1. The van der Waals surface area contributed by atoms with Gasteiger partial charge in [0.1, 0.15) is 0 Å². The molecule has 1 rings (SSSR count). The van der Waals surface area contributed by atoms with Crippen LogP contribution in [0.15, 0.2) is 24.3 Å². The van der Waals surface area contributed by atoms with Crippen molar-refractivity contribution in [3.8, 4) is 0 Å². The van der Waals surface area contributed by atoms with Crippen LogP contribution in [0.5, 0.6) is 0 Å². The summed E-state index contributed by atoms with van der Waals surface area (Å²) < 4.78 is 4.52. The fraction of sp³-hybridized carbons (Fsp3) is 0.286. The molecule has 1 aliphatic heterocycles. The summed E-state index contributed by atoms with van der Waals surface area (Å²) in [7, 11) is 0. The van der Waals surface area contributed by atoms with Crippen molar-refractivity contribution in [3.63, 3.8) is 0 Å². The zero-order chi connectivity index (χ0) is 7.78. The molecule has 0 aromatic rings. The summed E-state index contributed by atoms with van der Waals surface area (Å²) in [6.07, 6.45) is 2.45. The molecule has 1 heterocycles. The third-order valence-electron chi connectivity index (χ3n) is 1.31. The summed E-state index contributed by atoms with van der Waals surface area (Å²) in [6, 6.07) is 0. The highest BCUT2D eigenvalue weighted by Gasteiger charge is 2.33. The first-order chi connectivity index (χ1) is 4.54. The monoisotopic (exact) mass is 140 g/mol. The third-order valence-corrected chi connectivity index (χ3v) is 1.31. The lowest BCUT2D eigenvalue weighted by molar-refractivity contribution is -0.167. The molecule has 1 atom stereocenters. The maximum absolute atomic E-state index is 10.5. The van der Waals surface area contributed by atoms with Crippen molar-refractivity contribution >= 4 is 5.97 Å². The molecule has 0 amide bonds. The molecule has 3 heteroatoms. The summed E-state index contributed by atoms with van der Waals surface area (Å²) in [5, 5.41) is 9.31. The Balaban J connectivity index is 2.84. The molecule has 0 radical (unpaired) electrons. The van der Waals surface area contributed by atoms with Crippen molar-refractivity contribution in [3.05, 3.63) is 24.3 Å². The predicted molar refractivity (Wildman–Crippen MR) is 35.0 cm³/mol. The number of ether oxygens (including phenoxy) is 1. The van der Waals surface area contributed by atoms with Crippen LogP contribution < -0.4 is 0 Å². The Kier molecular flexibility index (Phi) is 1.37. The maximum atomic E-state index is 10.5. The van der Waals surface area contributed by atoms with Crippen LogP contribution in [0.1, 0.15) is 6.92 Å². The van der Waals surface area contributed by atoms with E-state index in [1.807, 2.05) is 0 Å². The van der Waals surface area contributed by atoms with E-state index in [1.165, 1.54) is 12.2 Å². The molecule has 0 saturated carbocycles. The van der Waals surface area contributed by atoms with E-state index in [-0.39, 0.29) is 0 Å². The summed E-state index contributed by atoms with van der Waals surface area (Å²) >= 11 is 0. The predicted octanol–water partition coefficient (Wildman–Crippen LogP) is 0.364. The van der Waals surface area contributed by atoms with Gasteiger partial charge in [-0.05, 0) is 18.6 Å². The zero-order valence-corrected chi connectivity index (χ0v) is 5.63. The molecule has 0 aliphatic carbocycles. The quantitative estimate of drug-likeness (QED) is 0.422. The first-order valence-electron chi connectivity index (χ1n) is 2.85. The molecule has 0 fully saturated rings. The molecule has 0 spiro atoms. The molecule has 0 aromatic heterocycles. The number of carbonyl (C=O) groups excluding carboxylic acids is 1. The lowest BCUT2D eigenvalue weighted by Crippen LogP contribution is -2.28. The Morgan fingerprint density at radius 2 is 2.50 bits per heavy atom. The first kappa shape index (κ1) is 7.02. The van der Waals surface area contributed by atoms with E-state index in [0.717, 1.165) is 0 Å². The van der Waals surface area contributed by atoms with Crippen molar-refractivity contribution in [2.45, 2.75) is 12.7 Å². The van der Waals surface area contributed by atoms with Gasteiger partial charge in [-0.25, -0.2) is 4.79 Å². The average molecular weight is 140 g/mol. The number of cyclic esters (lactones) is 1. The smallest absolute Gasteiger partial charge is 0.333 e. The minimum absolute atomic E-state index is 0.398. The molecule has 10 heavy (non-hydrogen) atoms. The molecule has 1 unspecified atom stereocenters. The number of aliphatic hydroxyl groups is 1. The van der Waals surface area contributed by atoms with Crippen molar-refractivity contribution in [1.29, 1.82) is 0 Å². The van der Waals surface area contributed by atoms with Gasteiger partial charge in [-0.2, -0.15) is 0 Å². The van der Waals surface area contributed by atoms with Gasteiger partial charge in [0.25, 0.3) is 5.79 Å². The van der Waals surface area contributed by atoms with Gasteiger partial charge in [-0.3, -0.25) is 0 Å². The SMILES string of the molecule is C=C(C)C1(O)C=CC(=O)O1. The van der Waals surface area contributed by atoms with E-state index < -0.39 is 11.8 Å². The highest BCUT2D eigenvalue weighted by molar-refractivity contribution is 5.85. The van der Waals surface area contributed by atoms with Crippen LogP contribution >= 0.6 is 0 Å². The minimum Gasteiger partial charge on any atom is -0.422 e. The summed E-state index contributed by atoms with van der Waals surface area (Å²) in [4.78, 5) is 10.5. The van der Waals surface area contributed by atoms with Gasteiger partial charge in [0.05, 0.1) is 0 Å². The van der Waals surface area contributed by atoms with E-state index in [4.69, 9.17) is 0 Å². The second-order valence-corrected chi connectivity index (χ2v) is 2.23. The van der Waals surface area contributed by atoms with Gasteiger partial charge in [0.2, 0.25) is 0 Å². The summed E-state index contributed by atoms with van der Waals surface area (Å²) in [5.74, 6) is -2.10. The van der Waals surface area contributed by atoms with Crippen LogP contribution in [-0.2, 0) is 9.53 Å². The second kappa shape index (κ2) is 1.95. The van der Waals surface area contributed by atoms with Gasteiger partial charge >= 0.3 is 5.97 Å². The van der Waals surface area contributed by atoms with E-state index in [1.54, 1.807) is 6.92 Å². The first-order valence-corrected chi connectivity index (χ1v) is 2.85. The highest BCUT2D eigenvalue weighted by atomic mass is 16.7. The van der Waals surface area contributed by atoms with Crippen molar-refractivity contribution in [2.24, 2.45) is 0 Å². The molecule has 0 bridgehead atoms. The molecule has 54 valence electrons. The summed E-state index contributed by atoms with van der Waals surface area (Å²) in [5.41, 5.74) is 0.398. The van der Waals surface area contributed by atoms with Gasteiger partial charge in [0, 0.05) is 6.08 Å². The van der Waals surface area contributed by atoms with Crippen molar-refractivity contribution < 1.29 is 14.6 Å². The molecule has 1 aliphatic rings. The van der Waals surface area contributed by atoms with Gasteiger partial charge in [0.15, 0.2) is 0 Å². The van der Waals surface area contributed by atoms with E-state index in [9.17, 15) is 9.90 Å². The Morgan fingerprint density at radius 3 is 2.70 bits per heavy atom. The molecule has 0 aromatic carbocycles. The molecular weight excluding hydrogens is 132 g/mol. The average Bonchev–Trinajstić information content (AvgIpc) is 2.13. The number of rotatable bonds is 1.